The number of methoxy groups -OCH3 is 1. The molecule has 2 rings (SSSR count). The van der Waals surface area contributed by atoms with Crippen LogP contribution in [-0.4, -0.2) is 39.0 Å². The van der Waals surface area contributed by atoms with E-state index >= 15 is 0 Å². The average Bonchev–Trinajstić information content (AvgIpc) is 2.94. The second kappa shape index (κ2) is 6.95. The Balaban J connectivity index is 2.27. The van der Waals surface area contributed by atoms with Crippen LogP contribution in [0, 0.1) is 5.92 Å². The lowest BCUT2D eigenvalue weighted by Crippen LogP contribution is -2.24. The molecule has 1 aliphatic rings. The molecule has 1 saturated heterocycles. The Morgan fingerprint density at radius 3 is 2.95 bits per heavy atom. The molecule has 1 aliphatic heterocycles. The number of nitrogens with zero attached hydrogens (tertiary/aromatic N) is 1. The summed E-state index contributed by atoms with van der Waals surface area (Å²) in [5, 5.41) is 12.4. The topological polar surface area (TPSA) is 44.7 Å². The Morgan fingerprint density at radius 1 is 1.50 bits per heavy atom. The smallest absolute Gasteiger partial charge is 0.125 e. The lowest BCUT2D eigenvalue weighted by Gasteiger charge is -2.26. The molecule has 0 amide bonds. The molecule has 0 bridgehead atoms. The SMILES string of the molecule is CNC(C)c1c(OC)cccc1N1CCC(CCO)C1. The first kappa shape index (κ1) is 15.1. The van der Waals surface area contributed by atoms with E-state index in [1.165, 1.54) is 11.3 Å². The first-order valence-electron chi connectivity index (χ1n) is 7.41. The molecular weight excluding hydrogens is 252 g/mol. The Morgan fingerprint density at radius 2 is 2.30 bits per heavy atom. The van der Waals surface area contributed by atoms with E-state index in [0.717, 1.165) is 31.7 Å². The lowest BCUT2D eigenvalue weighted by molar-refractivity contribution is 0.263. The minimum atomic E-state index is 0.248. The van der Waals surface area contributed by atoms with Crippen LogP contribution < -0.4 is 15.0 Å². The third-order valence-electron chi connectivity index (χ3n) is 4.29. The summed E-state index contributed by atoms with van der Waals surface area (Å²) in [4.78, 5) is 2.42. The van der Waals surface area contributed by atoms with Gasteiger partial charge in [0.05, 0.1) is 7.11 Å². The van der Waals surface area contributed by atoms with E-state index < -0.39 is 0 Å². The molecule has 0 aliphatic carbocycles. The summed E-state index contributed by atoms with van der Waals surface area (Å²) in [6.07, 6.45) is 2.06. The predicted molar refractivity (Wildman–Crippen MR) is 82.5 cm³/mol. The fourth-order valence-corrected chi connectivity index (χ4v) is 3.04. The van der Waals surface area contributed by atoms with Crippen LogP contribution in [0.25, 0.3) is 0 Å². The molecule has 1 aromatic rings. The molecule has 112 valence electrons. The monoisotopic (exact) mass is 278 g/mol. The highest BCUT2D eigenvalue weighted by Crippen LogP contribution is 2.37. The highest BCUT2D eigenvalue weighted by Gasteiger charge is 2.26. The van der Waals surface area contributed by atoms with Gasteiger partial charge in [-0.25, -0.2) is 0 Å². The highest BCUT2D eigenvalue weighted by molar-refractivity contribution is 5.61. The first-order valence-corrected chi connectivity index (χ1v) is 7.41. The van der Waals surface area contributed by atoms with Crippen molar-refractivity contribution in [1.82, 2.24) is 5.32 Å². The van der Waals surface area contributed by atoms with E-state index in [1.807, 2.05) is 13.1 Å². The second-order valence-corrected chi connectivity index (χ2v) is 5.52. The van der Waals surface area contributed by atoms with Crippen molar-refractivity contribution in [2.75, 3.05) is 38.8 Å². The number of hydrogen-bond acceptors (Lipinski definition) is 4. The Bertz CT molecular complexity index is 436. The van der Waals surface area contributed by atoms with Crippen LogP contribution in [0.4, 0.5) is 5.69 Å². The second-order valence-electron chi connectivity index (χ2n) is 5.52. The van der Waals surface area contributed by atoms with Gasteiger partial charge in [0, 0.05) is 37.0 Å². The van der Waals surface area contributed by atoms with Gasteiger partial charge in [-0.3, -0.25) is 0 Å². The van der Waals surface area contributed by atoms with Gasteiger partial charge in [-0.05, 0) is 44.9 Å². The third-order valence-corrected chi connectivity index (χ3v) is 4.29. The molecule has 0 radical (unpaired) electrons. The molecule has 1 heterocycles. The Kier molecular flexibility index (Phi) is 5.26. The minimum absolute atomic E-state index is 0.248. The van der Waals surface area contributed by atoms with Crippen molar-refractivity contribution >= 4 is 5.69 Å². The molecule has 0 saturated carbocycles. The molecule has 4 heteroatoms. The lowest BCUT2D eigenvalue weighted by atomic mass is 10.0. The number of ether oxygens (including phenoxy) is 1. The van der Waals surface area contributed by atoms with Gasteiger partial charge >= 0.3 is 0 Å². The van der Waals surface area contributed by atoms with Gasteiger partial charge in [-0.1, -0.05) is 6.07 Å². The van der Waals surface area contributed by atoms with Crippen molar-refractivity contribution in [3.63, 3.8) is 0 Å². The number of hydrogen-bond donors (Lipinski definition) is 2. The molecule has 0 aromatic heterocycles. The summed E-state index contributed by atoms with van der Waals surface area (Å²) in [7, 11) is 3.70. The van der Waals surface area contributed by atoms with Crippen LogP contribution in [0.1, 0.15) is 31.4 Å². The number of benzene rings is 1. The molecule has 2 N–H and O–H groups in total. The third kappa shape index (κ3) is 3.07. The number of rotatable bonds is 6. The zero-order valence-electron chi connectivity index (χ0n) is 12.7. The van der Waals surface area contributed by atoms with Gasteiger partial charge in [0.25, 0.3) is 0 Å². The van der Waals surface area contributed by atoms with Gasteiger partial charge in [-0.2, -0.15) is 0 Å². The molecular formula is C16H26N2O2. The Hall–Kier alpha value is -1.26. The predicted octanol–water partition coefficient (Wildman–Crippen LogP) is 2.18. The molecule has 4 nitrogen and oxygen atoms in total. The van der Waals surface area contributed by atoms with Crippen molar-refractivity contribution < 1.29 is 9.84 Å². The van der Waals surface area contributed by atoms with Gasteiger partial charge in [0.2, 0.25) is 0 Å². The molecule has 2 atom stereocenters. The largest absolute Gasteiger partial charge is 0.496 e. The number of aliphatic hydroxyl groups is 1. The van der Waals surface area contributed by atoms with Gasteiger partial charge in [0.1, 0.15) is 5.75 Å². The highest BCUT2D eigenvalue weighted by atomic mass is 16.5. The molecule has 1 aromatic carbocycles. The summed E-state index contributed by atoms with van der Waals surface area (Å²) in [5.41, 5.74) is 2.48. The summed E-state index contributed by atoms with van der Waals surface area (Å²) >= 11 is 0. The normalized spacial score (nSPS) is 20.2. The van der Waals surface area contributed by atoms with Crippen LogP contribution in [0.3, 0.4) is 0 Å². The summed E-state index contributed by atoms with van der Waals surface area (Å²) < 4.78 is 5.54. The van der Waals surface area contributed by atoms with Crippen LogP contribution in [-0.2, 0) is 0 Å². The fourth-order valence-electron chi connectivity index (χ4n) is 3.04. The van der Waals surface area contributed by atoms with Crippen LogP contribution in [0.15, 0.2) is 18.2 Å². The fraction of sp³-hybridized carbons (Fsp3) is 0.625. The summed E-state index contributed by atoms with van der Waals surface area (Å²) in [5.74, 6) is 1.54. The standard InChI is InChI=1S/C16H26N2O2/c1-12(17-2)16-14(5-4-6-15(16)20-3)18-9-7-13(11-18)8-10-19/h4-6,12-13,17,19H,7-11H2,1-3H3. The van der Waals surface area contributed by atoms with E-state index in [4.69, 9.17) is 9.84 Å². The molecule has 2 unspecified atom stereocenters. The van der Waals surface area contributed by atoms with E-state index in [9.17, 15) is 0 Å². The van der Waals surface area contributed by atoms with Gasteiger partial charge in [0.15, 0.2) is 0 Å². The molecule has 1 fully saturated rings. The van der Waals surface area contributed by atoms with Crippen molar-refractivity contribution in [2.45, 2.75) is 25.8 Å². The van der Waals surface area contributed by atoms with Crippen LogP contribution in [0.2, 0.25) is 0 Å². The van der Waals surface area contributed by atoms with Crippen molar-refractivity contribution in [3.8, 4) is 5.75 Å². The average molecular weight is 278 g/mol. The number of anilines is 1. The zero-order chi connectivity index (χ0) is 14.5. The van der Waals surface area contributed by atoms with E-state index in [-0.39, 0.29) is 12.6 Å². The van der Waals surface area contributed by atoms with Crippen molar-refractivity contribution in [3.05, 3.63) is 23.8 Å². The van der Waals surface area contributed by atoms with Crippen LogP contribution in [0.5, 0.6) is 5.75 Å². The molecule has 20 heavy (non-hydrogen) atoms. The van der Waals surface area contributed by atoms with E-state index in [0.29, 0.717) is 5.92 Å². The van der Waals surface area contributed by atoms with Crippen molar-refractivity contribution in [2.24, 2.45) is 5.92 Å². The molecule has 0 spiro atoms. The first-order chi connectivity index (χ1) is 9.71. The van der Waals surface area contributed by atoms with E-state index in [2.05, 4.69) is 29.3 Å². The Labute approximate surface area is 121 Å². The maximum Gasteiger partial charge on any atom is 0.125 e. The summed E-state index contributed by atoms with van der Waals surface area (Å²) in [6.45, 7) is 4.53. The maximum absolute atomic E-state index is 9.10. The van der Waals surface area contributed by atoms with Crippen molar-refractivity contribution in [1.29, 1.82) is 0 Å². The van der Waals surface area contributed by atoms with Crippen LogP contribution >= 0.6 is 0 Å². The van der Waals surface area contributed by atoms with Gasteiger partial charge in [-0.15, -0.1) is 0 Å². The zero-order valence-corrected chi connectivity index (χ0v) is 12.7. The summed E-state index contributed by atoms with van der Waals surface area (Å²) in [6, 6.07) is 6.50. The van der Waals surface area contributed by atoms with Gasteiger partial charge < -0.3 is 20.1 Å². The minimum Gasteiger partial charge on any atom is -0.496 e. The number of aliphatic hydroxyl groups excluding tert-OH is 1. The van der Waals surface area contributed by atoms with E-state index in [1.54, 1.807) is 7.11 Å². The number of nitrogens with one attached hydrogen (secondary N) is 1. The quantitative estimate of drug-likeness (QED) is 0.837. The maximum atomic E-state index is 9.10.